The maximum absolute atomic E-state index is 13.1. The van der Waals surface area contributed by atoms with Crippen LogP contribution in [-0.2, 0) is 0 Å². The molecule has 0 aliphatic carbocycles. The number of para-hydroxylation sites is 2. The largest absolute Gasteiger partial charge is 0.492 e. The Morgan fingerprint density at radius 3 is 2.72 bits per heavy atom. The van der Waals surface area contributed by atoms with Gasteiger partial charge in [-0.15, -0.1) is 0 Å². The smallest absolute Gasteiger partial charge is 0.260 e. The van der Waals surface area contributed by atoms with Gasteiger partial charge in [0.15, 0.2) is 5.17 Å². The maximum atomic E-state index is 13.1. The summed E-state index contributed by atoms with van der Waals surface area (Å²) in [7, 11) is 0. The van der Waals surface area contributed by atoms with Crippen LogP contribution in [0.15, 0.2) is 53.5 Å². The van der Waals surface area contributed by atoms with Crippen molar-refractivity contribution in [2.75, 3.05) is 12.4 Å². The highest BCUT2D eigenvalue weighted by Crippen LogP contribution is 2.33. The summed E-state index contributed by atoms with van der Waals surface area (Å²) in [5.74, 6) is 1.58. The number of amides is 1. The standard InChI is InChI=1S/C20H22N2O2S/c1-4-24-18-12-8-7-11-17(18)21-20-22(15(3)13-25-20)19(23)16-10-6-5-9-14(16)2/h5-12,15H,4,13H2,1-3H3/t15-/m1/s1. The summed E-state index contributed by atoms with van der Waals surface area (Å²) in [6.45, 7) is 6.55. The summed E-state index contributed by atoms with van der Waals surface area (Å²) in [5, 5.41) is 0.730. The highest BCUT2D eigenvalue weighted by Gasteiger charge is 2.33. The molecule has 0 N–H and O–H groups in total. The van der Waals surface area contributed by atoms with E-state index in [4.69, 9.17) is 9.73 Å². The summed E-state index contributed by atoms with van der Waals surface area (Å²) >= 11 is 1.61. The van der Waals surface area contributed by atoms with Crippen molar-refractivity contribution in [3.63, 3.8) is 0 Å². The topological polar surface area (TPSA) is 41.9 Å². The minimum atomic E-state index is 0.00300. The molecule has 1 atom stereocenters. The van der Waals surface area contributed by atoms with Gasteiger partial charge in [0.05, 0.1) is 6.61 Å². The molecule has 130 valence electrons. The van der Waals surface area contributed by atoms with E-state index in [1.54, 1.807) is 16.7 Å². The van der Waals surface area contributed by atoms with Crippen molar-refractivity contribution in [2.24, 2.45) is 4.99 Å². The highest BCUT2D eigenvalue weighted by atomic mass is 32.2. The molecule has 0 unspecified atom stereocenters. The average Bonchev–Trinajstić information content (AvgIpc) is 2.97. The van der Waals surface area contributed by atoms with Gasteiger partial charge in [0, 0.05) is 17.4 Å². The van der Waals surface area contributed by atoms with Gasteiger partial charge in [-0.2, -0.15) is 0 Å². The molecule has 1 fully saturated rings. The monoisotopic (exact) mass is 354 g/mol. The molecule has 0 radical (unpaired) electrons. The van der Waals surface area contributed by atoms with Crippen LogP contribution in [0, 0.1) is 6.92 Å². The Hall–Kier alpha value is -2.27. The van der Waals surface area contributed by atoms with Crippen molar-refractivity contribution >= 4 is 28.5 Å². The zero-order chi connectivity index (χ0) is 17.8. The van der Waals surface area contributed by atoms with Crippen molar-refractivity contribution in [1.82, 2.24) is 4.90 Å². The van der Waals surface area contributed by atoms with E-state index in [1.807, 2.05) is 62.4 Å². The van der Waals surface area contributed by atoms with Gasteiger partial charge in [0.2, 0.25) is 0 Å². The van der Waals surface area contributed by atoms with Gasteiger partial charge in [0.25, 0.3) is 5.91 Å². The predicted molar refractivity (Wildman–Crippen MR) is 104 cm³/mol. The van der Waals surface area contributed by atoms with E-state index in [2.05, 4.69) is 6.92 Å². The van der Waals surface area contributed by atoms with Crippen LogP contribution in [-0.4, -0.2) is 34.4 Å². The Bertz CT molecular complexity index is 804. The van der Waals surface area contributed by atoms with Crippen molar-refractivity contribution < 1.29 is 9.53 Å². The third-order valence-corrected chi connectivity index (χ3v) is 5.27. The quantitative estimate of drug-likeness (QED) is 0.802. The number of hydrogen-bond donors (Lipinski definition) is 0. The molecule has 1 heterocycles. The molecular weight excluding hydrogens is 332 g/mol. The van der Waals surface area contributed by atoms with E-state index in [1.165, 1.54) is 0 Å². The average molecular weight is 354 g/mol. The van der Waals surface area contributed by atoms with Gasteiger partial charge >= 0.3 is 0 Å². The van der Waals surface area contributed by atoms with E-state index in [9.17, 15) is 4.79 Å². The highest BCUT2D eigenvalue weighted by molar-refractivity contribution is 8.14. The molecule has 0 spiro atoms. The van der Waals surface area contributed by atoms with Crippen LogP contribution in [0.5, 0.6) is 5.75 Å². The minimum absolute atomic E-state index is 0.00300. The molecule has 1 amide bonds. The third-order valence-electron chi connectivity index (χ3n) is 4.08. The number of aliphatic imine (C=N–C) groups is 1. The number of carbonyl (C=O) groups is 1. The first-order chi connectivity index (χ1) is 12.1. The lowest BCUT2D eigenvalue weighted by atomic mass is 10.1. The molecule has 4 nitrogen and oxygen atoms in total. The predicted octanol–water partition coefficient (Wildman–Crippen LogP) is 4.66. The second kappa shape index (κ2) is 7.74. The van der Waals surface area contributed by atoms with E-state index in [-0.39, 0.29) is 11.9 Å². The Labute approximate surface area is 152 Å². The van der Waals surface area contributed by atoms with E-state index >= 15 is 0 Å². The fraction of sp³-hybridized carbons (Fsp3) is 0.300. The number of hydrogen-bond acceptors (Lipinski definition) is 4. The van der Waals surface area contributed by atoms with Gasteiger partial charge in [0.1, 0.15) is 11.4 Å². The molecule has 5 heteroatoms. The minimum Gasteiger partial charge on any atom is -0.492 e. The van der Waals surface area contributed by atoms with Crippen LogP contribution >= 0.6 is 11.8 Å². The first-order valence-corrected chi connectivity index (χ1v) is 9.43. The van der Waals surface area contributed by atoms with E-state index in [0.717, 1.165) is 33.5 Å². The second-order valence-corrected chi connectivity index (χ2v) is 6.93. The van der Waals surface area contributed by atoms with E-state index in [0.29, 0.717) is 6.61 Å². The molecule has 0 aromatic heterocycles. The van der Waals surface area contributed by atoms with Crippen LogP contribution in [0.3, 0.4) is 0 Å². The van der Waals surface area contributed by atoms with Gasteiger partial charge in [-0.25, -0.2) is 4.99 Å². The Balaban J connectivity index is 1.96. The van der Waals surface area contributed by atoms with Crippen molar-refractivity contribution in [3.05, 3.63) is 59.7 Å². The number of amidine groups is 1. The molecular formula is C20H22N2O2S. The molecule has 2 aromatic carbocycles. The lowest BCUT2D eigenvalue weighted by molar-refractivity contribution is 0.0828. The number of ether oxygens (including phenoxy) is 1. The first-order valence-electron chi connectivity index (χ1n) is 8.44. The normalized spacial score (nSPS) is 18.6. The zero-order valence-electron chi connectivity index (χ0n) is 14.7. The molecule has 3 rings (SSSR count). The number of benzene rings is 2. The Kier molecular flexibility index (Phi) is 5.43. The van der Waals surface area contributed by atoms with Gasteiger partial charge in [-0.05, 0) is 44.5 Å². The SMILES string of the molecule is CCOc1ccccc1N=C1SC[C@@H](C)N1C(=O)c1ccccc1C. The fourth-order valence-corrected chi connectivity index (χ4v) is 3.88. The summed E-state index contributed by atoms with van der Waals surface area (Å²) in [6.07, 6.45) is 0. The summed E-state index contributed by atoms with van der Waals surface area (Å²) in [4.78, 5) is 19.6. The van der Waals surface area contributed by atoms with Crippen LogP contribution < -0.4 is 4.74 Å². The lowest BCUT2D eigenvalue weighted by Crippen LogP contribution is -2.37. The van der Waals surface area contributed by atoms with Crippen molar-refractivity contribution in [3.8, 4) is 5.75 Å². The first kappa shape index (κ1) is 17.5. The number of aryl methyl sites for hydroxylation is 1. The number of nitrogens with zero attached hydrogens (tertiary/aromatic N) is 2. The van der Waals surface area contributed by atoms with Gasteiger partial charge < -0.3 is 4.74 Å². The fourth-order valence-electron chi connectivity index (χ4n) is 2.77. The molecule has 25 heavy (non-hydrogen) atoms. The van der Waals surface area contributed by atoms with Gasteiger partial charge in [-0.3, -0.25) is 9.69 Å². The van der Waals surface area contributed by atoms with Crippen LogP contribution in [0.1, 0.15) is 29.8 Å². The molecule has 1 aliphatic rings. The molecule has 2 aromatic rings. The summed E-state index contributed by atoms with van der Waals surface area (Å²) < 4.78 is 5.65. The molecule has 1 aliphatic heterocycles. The van der Waals surface area contributed by atoms with Crippen LogP contribution in [0.2, 0.25) is 0 Å². The second-order valence-electron chi connectivity index (χ2n) is 5.95. The summed E-state index contributed by atoms with van der Waals surface area (Å²) in [6, 6.07) is 15.5. The van der Waals surface area contributed by atoms with E-state index < -0.39 is 0 Å². The molecule has 0 bridgehead atoms. The van der Waals surface area contributed by atoms with Crippen molar-refractivity contribution in [1.29, 1.82) is 0 Å². The van der Waals surface area contributed by atoms with Crippen LogP contribution in [0.25, 0.3) is 0 Å². The zero-order valence-corrected chi connectivity index (χ0v) is 15.5. The Morgan fingerprint density at radius 2 is 1.96 bits per heavy atom. The Morgan fingerprint density at radius 1 is 1.24 bits per heavy atom. The lowest BCUT2D eigenvalue weighted by Gasteiger charge is -2.22. The summed E-state index contributed by atoms with van der Waals surface area (Å²) in [5.41, 5.74) is 2.46. The molecule has 1 saturated heterocycles. The maximum Gasteiger partial charge on any atom is 0.260 e. The number of carbonyl (C=O) groups excluding carboxylic acids is 1. The van der Waals surface area contributed by atoms with Gasteiger partial charge in [-0.1, -0.05) is 42.1 Å². The third kappa shape index (κ3) is 3.71. The molecule has 0 saturated carbocycles. The number of thioether (sulfide) groups is 1. The van der Waals surface area contributed by atoms with Crippen molar-refractivity contribution in [2.45, 2.75) is 26.8 Å². The number of rotatable bonds is 4. The van der Waals surface area contributed by atoms with Crippen LogP contribution in [0.4, 0.5) is 5.69 Å².